The smallest absolute Gasteiger partial charge is 0.243 e. The van der Waals surface area contributed by atoms with E-state index in [1.165, 1.54) is 5.56 Å². The van der Waals surface area contributed by atoms with Crippen molar-refractivity contribution in [3.8, 4) is 0 Å². The van der Waals surface area contributed by atoms with Crippen molar-refractivity contribution in [1.29, 1.82) is 0 Å². The quantitative estimate of drug-likeness (QED) is 0.356. The molecule has 3 aromatic carbocycles. The maximum Gasteiger partial charge on any atom is 0.243 e. The Morgan fingerprint density at radius 1 is 0.833 bits per heavy atom. The second kappa shape index (κ2) is 11.9. The Morgan fingerprint density at radius 3 is 2.11 bits per heavy atom. The minimum atomic E-state index is -0.708. The summed E-state index contributed by atoms with van der Waals surface area (Å²) in [6, 6.07) is 20.4. The second-order valence-corrected chi connectivity index (χ2v) is 11.1. The summed E-state index contributed by atoms with van der Waals surface area (Å²) >= 11 is 12.4. The molecule has 0 spiro atoms. The number of rotatable bonds is 8. The van der Waals surface area contributed by atoms with E-state index in [4.69, 9.17) is 23.2 Å². The van der Waals surface area contributed by atoms with Crippen molar-refractivity contribution < 1.29 is 9.59 Å². The molecule has 0 bridgehead atoms. The SMILES string of the molecule is Cc1ccc(CC(=O)N(Cc2ccc(Cl)c(Cl)c2)[C@H](Cc2ccccc2)C(=O)NC(C)(C)C)cc1C. The van der Waals surface area contributed by atoms with E-state index in [1.54, 1.807) is 17.0 Å². The monoisotopic (exact) mass is 524 g/mol. The van der Waals surface area contributed by atoms with E-state index >= 15 is 0 Å². The zero-order valence-corrected chi connectivity index (χ0v) is 23.1. The minimum Gasteiger partial charge on any atom is -0.350 e. The maximum atomic E-state index is 13.9. The number of hydrogen-bond donors (Lipinski definition) is 1. The van der Waals surface area contributed by atoms with Gasteiger partial charge in [-0.15, -0.1) is 0 Å². The summed E-state index contributed by atoms with van der Waals surface area (Å²) in [5.74, 6) is -0.325. The third-order valence-electron chi connectivity index (χ3n) is 6.03. The summed E-state index contributed by atoms with van der Waals surface area (Å²) in [5.41, 5.74) is 4.55. The standard InChI is InChI=1S/C30H34Cl2N2O2/c1-20-11-12-23(15-21(20)2)18-28(35)34(19-24-13-14-25(31)26(32)16-24)27(29(36)33-30(3,4)5)17-22-9-7-6-8-10-22/h6-16,27H,17-19H2,1-5H3,(H,33,36)/t27-/m1/s1. The number of nitrogens with one attached hydrogen (secondary N) is 1. The van der Waals surface area contributed by atoms with Crippen LogP contribution in [0.1, 0.15) is 48.6 Å². The van der Waals surface area contributed by atoms with Crippen LogP contribution in [-0.2, 0) is 29.0 Å². The van der Waals surface area contributed by atoms with E-state index < -0.39 is 11.6 Å². The number of amides is 2. The van der Waals surface area contributed by atoms with Gasteiger partial charge in [0.2, 0.25) is 11.8 Å². The second-order valence-electron chi connectivity index (χ2n) is 10.3. The highest BCUT2D eigenvalue weighted by molar-refractivity contribution is 6.42. The molecule has 0 saturated heterocycles. The lowest BCUT2D eigenvalue weighted by Gasteiger charge is -2.34. The van der Waals surface area contributed by atoms with Crippen molar-refractivity contribution >= 4 is 35.0 Å². The molecular weight excluding hydrogens is 491 g/mol. The van der Waals surface area contributed by atoms with Crippen LogP contribution >= 0.6 is 23.2 Å². The Kier molecular flexibility index (Phi) is 9.21. The summed E-state index contributed by atoms with van der Waals surface area (Å²) in [6.45, 7) is 10.1. The first-order chi connectivity index (χ1) is 16.9. The van der Waals surface area contributed by atoms with Gasteiger partial charge in [0.05, 0.1) is 16.5 Å². The van der Waals surface area contributed by atoms with E-state index in [1.807, 2.05) is 89.2 Å². The van der Waals surface area contributed by atoms with E-state index in [2.05, 4.69) is 5.32 Å². The van der Waals surface area contributed by atoms with Crippen LogP contribution in [0.2, 0.25) is 10.0 Å². The molecule has 3 aromatic rings. The third kappa shape index (κ3) is 7.84. The Hall–Kier alpha value is -2.82. The van der Waals surface area contributed by atoms with Crippen LogP contribution in [0.25, 0.3) is 0 Å². The number of carbonyl (C=O) groups excluding carboxylic acids is 2. The van der Waals surface area contributed by atoms with Gasteiger partial charge in [0.1, 0.15) is 6.04 Å². The number of nitrogens with zero attached hydrogens (tertiary/aromatic N) is 1. The fourth-order valence-electron chi connectivity index (χ4n) is 4.03. The fraction of sp³-hybridized carbons (Fsp3) is 0.333. The highest BCUT2D eigenvalue weighted by atomic mass is 35.5. The maximum absolute atomic E-state index is 13.9. The Bertz CT molecular complexity index is 1220. The largest absolute Gasteiger partial charge is 0.350 e. The fourth-order valence-corrected chi connectivity index (χ4v) is 4.35. The molecule has 0 aliphatic heterocycles. The molecule has 0 heterocycles. The molecule has 2 amide bonds. The van der Waals surface area contributed by atoms with Gasteiger partial charge >= 0.3 is 0 Å². The van der Waals surface area contributed by atoms with Crippen LogP contribution in [0.5, 0.6) is 0 Å². The lowest BCUT2D eigenvalue weighted by Crippen LogP contribution is -2.54. The van der Waals surface area contributed by atoms with Crippen molar-refractivity contribution in [2.24, 2.45) is 0 Å². The molecule has 0 radical (unpaired) electrons. The highest BCUT2D eigenvalue weighted by Crippen LogP contribution is 2.25. The van der Waals surface area contributed by atoms with E-state index in [0.717, 1.165) is 22.3 Å². The predicted molar refractivity (Wildman–Crippen MR) is 148 cm³/mol. The summed E-state index contributed by atoms with van der Waals surface area (Å²) in [7, 11) is 0. The summed E-state index contributed by atoms with van der Waals surface area (Å²) < 4.78 is 0. The molecule has 0 aromatic heterocycles. The molecule has 3 rings (SSSR count). The molecule has 0 aliphatic carbocycles. The average molecular weight is 526 g/mol. The molecule has 1 N–H and O–H groups in total. The van der Waals surface area contributed by atoms with Crippen LogP contribution in [0.15, 0.2) is 66.7 Å². The van der Waals surface area contributed by atoms with E-state index in [0.29, 0.717) is 16.5 Å². The van der Waals surface area contributed by atoms with E-state index in [-0.39, 0.29) is 24.8 Å². The first-order valence-electron chi connectivity index (χ1n) is 12.1. The Labute approximate surface area is 224 Å². The van der Waals surface area contributed by atoms with Crippen LogP contribution in [0, 0.1) is 13.8 Å². The highest BCUT2D eigenvalue weighted by Gasteiger charge is 2.32. The molecule has 36 heavy (non-hydrogen) atoms. The van der Waals surface area contributed by atoms with Crippen molar-refractivity contribution in [2.75, 3.05) is 0 Å². The molecular formula is C30H34Cl2N2O2. The molecule has 6 heteroatoms. The van der Waals surface area contributed by atoms with Gasteiger partial charge in [0, 0.05) is 18.5 Å². The zero-order valence-electron chi connectivity index (χ0n) is 21.6. The molecule has 190 valence electrons. The van der Waals surface area contributed by atoms with Gasteiger partial charge in [-0.1, -0.05) is 77.8 Å². The van der Waals surface area contributed by atoms with Gasteiger partial charge in [-0.2, -0.15) is 0 Å². The van der Waals surface area contributed by atoms with Gasteiger partial charge in [-0.3, -0.25) is 9.59 Å². The molecule has 0 unspecified atom stereocenters. The van der Waals surface area contributed by atoms with E-state index in [9.17, 15) is 9.59 Å². The molecule has 0 aliphatic rings. The molecule has 0 saturated carbocycles. The summed E-state index contributed by atoms with van der Waals surface area (Å²) in [4.78, 5) is 29.1. The molecule has 1 atom stereocenters. The first-order valence-corrected chi connectivity index (χ1v) is 12.8. The predicted octanol–water partition coefficient (Wildman–Crippen LogP) is 6.71. The zero-order chi connectivity index (χ0) is 26.5. The van der Waals surface area contributed by atoms with Crippen LogP contribution in [-0.4, -0.2) is 28.3 Å². The van der Waals surface area contributed by atoms with Gasteiger partial charge in [0.25, 0.3) is 0 Å². The third-order valence-corrected chi connectivity index (χ3v) is 6.77. The number of aryl methyl sites for hydroxylation is 2. The number of halogens is 2. The molecule has 0 fully saturated rings. The van der Waals surface area contributed by atoms with Gasteiger partial charge in [0.15, 0.2) is 0 Å². The summed E-state index contributed by atoms with van der Waals surface area (Å²) in [6.07, 6.45) is 0.583. The lowest BCUT2D eigenvalue weighted by molar-refractivity contribution is -0.141. The van der Waals surface area contributed by atoms with Crippen molar-refractivity contribution in [3.63, 3.8) is 0 Å². The van der Waals surface area contributed by atoms with Crippen molar-refractivity contribution in [1.82, 2.24) is 10.2 Å². The average Bonchev–Trinajstić information content (AvgIpc) is 2.80. The minimum absolute atomic E-state index is 0.130. The lowest BCUT2D eigenvalue weighted by atomic mass is 9.99. The topological polar surface area (TPSA) is 49.4 Å². The Morgan fingerprint density at radius 2 is 1.50 bits per heavy atom. The Balaban J connectivity index is 2.02. The number of carbonyl (C=O) groups is 2. The number of hydrogen-bond acceptors (Lipinski definition) is 2. The summed E-state index contributed by atoms with van der Waals surface area (Å²) in [5, 5.41) is 3.94. The van der Waals surface area contributed by atoms with Crippen LogP contribution in [0.3, 0.4) is 0 Å². The molecule has 4 nitrogen and oxygen atoms in total. The number of benzene rings is 3. The van der Waals surface area contributed by atoms with Gasteiger partial charge < -0.3 is 10.2 Å². The normalized spacial score (nSPS) is 12.2. The first kappa shape index (κ1) is 27.8. The van der Waals surface area contributed by atoms with Crippen LogP contribution < -0.4 is 5.32 Å². The van der Waals surface area contributed by atoms with Gasteiger partial charge in [-0.05, 0) is 74.6 Å². The van der Waals surface area contributed by atoms with Gasteiger partial charge in [-0.25, -0.2) is 0 Å². The van der Waals surface area contributed by atoms with Crippen molar-refractivity contribution in [3.05, 3.63) is 105 Å². The van der Waals surface area contributed by atoms with Crippen molar-refractivity contribution in [2.45, 2.75) is 65.6 Å². The van der Waals surface area contributed by atoms with Crippen LogP contribution in [0.4, 0.5) is 0 Å².